The Morgan fingerprint density at radius 1 is 1.13 bits per heavy atom. The van der Waals surface area contributed by atoms with E-state index in [-0.39, 0.29) is 24.6 Å². The smallest absolute Gasteiger partial charge is 0.398 e. The zero-order chi connectivity index (χ0) is 33.3. The van der Waals surface area contributed by atoms with Crippen molar-refractivity contribution in [1.82, 2.24) is 9.55 Å². The first-order valence-electron chi connectivity index (χ1n) is 13.1. The van der Waals surface area contributed by atoms with Gasteiger partial charge in [0, 0.05) is 41.5 Å². The molecule has 6 atom stereocenters. The predicted octanol–water partition coefficient (Wildman–Crippen LogP) is 3.43. The normalized spacial score (nSPS) is 22.4. The first kappa shape index (κ1) is 35.3. The summed E-state index contributed by atoms with van der Waals surface area (Å²) >= 11 is 0. The maximum atomic E-state index is 12.1. The first-order chi connectivity index (χ1) is 20.9. The zero-order valence-corrected chi connectivity index (χ0v) is 26.3. The lowest BCUT2D eigenvalue weighted by atomic mass is 9.97. The number of rotatable bonds is 14. The molecule has 0 bridgehead atoms. The molecule has 45 heavy (non-hydrogen) atoms. The van der Waals surface area contributed by atoms with Crippen LogP contribution in [0.4, 0.5) is 11.4 Å². The molecule has 0 saturated carbocycles. The number of hydrogen-bond donors (Lipinski definition) is 6. The van der Waals surface area contributed by atoms with Gasteiger partial charge in [-0.2, -0.15) is 8.62 Å². The fourth-order valence-electron chi connectivity index (χ4n) is 4.83. The van der Waals surface area contributed by atoms with Gasteiger partial charge in [0.1, 0.15) is 18.0 Å². The molecule has 0 amide bonds. The topological polar surface area (TPSA) is 285 Å². The molecule has 4 rings (SSSR count). The number of nitrogen functional groups attached to an aromatic ring is 1. The Morgan fingerprint density at radius 2 is 1.82 bits per heavy atom. The van der Waals surface area contributed by atoms with E-state index >= 15 is 0 Å². The van der Waals surface area contributed by atoms with Gasteiger partial charge in [-0.05, 0) is 18.1 Å². The van der Waals surface area contributed by atoms with Crippen molar-refractivity contribution in [3.8, 4) is 0 Å². The summed E-state index contributed by atoms with van der Waals surface area (Å²) in [7, 11) is -16.7. The van der Waals surface area contributed by atoms with E-state index in [9.17, 15) is 38.7 Å². The Bertz CT molecular complexity index is 1700. The van der Waals surface area contributed by atoms with Gasteiger partial charge in [0.15, 0.2) is 0 Å². The fraction of sp³-hybridized carbons (Fsp3) is 0.435. The summed E-state index contributed by atoms with van der Waals surface area (Å²) in [5.41, 5.74) is 7.80. The van der Waals surface area contributed by atoms with Crippen molar-refractivity contribution < 1.29 is 65.9 Å². The molecule has 1 aromatic carbocycles. The summed E-state index contributed by atoms with van der Waals surface area (Å²) in [6.07, 6.45) is -1.15. The van der Waals surface area contributed by atoms with Crippen LogP contribution in [0.1, 0.15) is 43.7 Å². The summed E-state index contributed by atoms with van der Waals surface area (Å²) in [5.74, 6) is -0.154. The molecule has 1 aliphatic heterocycles. The number of phosphoric ester groups is 1. The first-order valence-corrected chi connectivity index (χ1v) is 17.6. The highest BCUT2D eigenvalue weighted by atomic mass is 31.3. The number of anilines is 1. The molecule has 0 spiro atoms. The van der Waals surface area contributed by atoms with Crippen LogP contribution >= 0.6 is 23.5 Å². The molecule has 19 nitrogen and oxygen atoms in total. The number of benzene rings is 1. The molecule has 3 aromatic rings. The van der Waals surface area contributed by atoms with Gasteiger partial charge in [0.25, 0.3) is 5.69 Å². The van der Waals surface area contributed by atoms with Crippen molar-refractivity contribution in [1.29, 1.82) is 0 Å². The van der Waals surface area contributed by atoms with Crippen molar-refractivity contribution in [3.05, 3.63) is 64.0 Å². The zero-order valence-electron chi connectivity index (χ0n) is 23.6. The standard InChI is InChI=1S/C23H31N4O15P3/c1-13(2)22(15-5-3-4-6-17(15)27(29)30)38-11-14-10-26(23-21(14)16(24)7-8-25-23)20-9-18(28)19(40-20)12-39-44(34,35)42-45(36,37)41-43(31,32)33/h3-8,10,13,18-20,22,28H,9,11-12H2,1-2H3,(H2,24,25)(H,34,35)(H,36,37)(H2,31,32,33)/t18?,19-,20-,22+/m1/s1. The molecule has 7 N–H and O–H groups in total. The van der Waals surface area contributed by atoms with Crippen molar-refractivity contribution in [2.45, 2.75) is 51.4 Å². The SMILES string of the molecule is CC(C)[C@H](OCc1cn([C@H]2CC(O)[C@@H](COP(=O)(O)OP(=O)(O)OP(=O)(O)O)O2)c2nccc(N)c12)c1ccccc1[N+](=O)[O-]. The van der Waals surface area contributed by atoms with Crippen LogP contribution in [0, 0.1) is 16.0 Å². The Hall–Kier alpha value is -2.60. The molecule has 248 valence electrons. The van der Waals surface area contributed by atoms with Crippen LogP contribution in [0.15, 0.2) is 42.7 Å². The Labute approximate surface area is 255 Å². The van der Waals surface area contributed by atoms with Crippen LogP contribution < -0.4 is 5.73 Å². The highest BCUT2D eigenvalue weighted by molar-refractivity contribution is 7.66. The Balaban J connectivity index is 1.52. The van der Waals surface area contributed by atoms with E-state index in [1.54, 1.807) is 35.0 Å². The number of nitrogens with zero attached hydrogens (tertiary/aromatic N) is 3. The third-order valence-electron chi connectivity index (χ3n) is 6.62. The Kier molecular flexibility index (Phi) is 10.7. The van der Waals surface area contributed by atoms with Crippen molar-refractivity contribution in [3.63, 3.8) is 0 Å². The highest BCUT2D eigenvalue weighted by Crippen LogP contribution is 2.66. The van der Waals surface area contributed by atoms with Crippen molar-refractivity contribution in [2.24, 2.45) is 5.92 Å². The summed E-state index contributed by atoms with van der Waals surface area (Å²) in [5, 5.41) is 22.7. The molecule has 1 aliphatic rings. The number of phosphoric acid groups is 3. The predicted molar refractivity (Wildman–Crippen MR) is 154 cm³/mol. The molecule has 22 heteroatoms. The second-order valence-corrected chi connectivity index (χ2v) is 14.7. The molecule has 3 heterocycles. The van der Waals surface area contributed by atoms with Crippen LogP contribution in [0.5, 0.6) is 0 Å². The van der Waals surface area contributed by atoms with Crippen LogP contribution in [0.3, 0.4) is 0 Å². The number of para-hydroxylation sites is 1. The maximum Gasteiger partial charge on any atom is 0.490 e. The number of nitro groups is 1. The molecule has 0 aliphatic carbocycles. The third kappa shape index (κ3) is 8.81. The lowest BCUT2D eigenvalue weighted by Gasteiger charge is -2.22. The Morgan fingerprint density at radius 3 is 2.47 bits per heavy atom. The number of hydrogen-bond acceptors (Lipinski definition) is 13. The molecule has 1 saturated heterocycles. The minimum Gasteiger partial charge on any atom is -0.398 e. The number of aliphatic hydroxyl groups excluding tert-OH is 1. The van der Waals surface area contributed by atoms with E-state index in [1.807, 2.05) is 13.8 Å². The lowest BCUT2D eigenvalue weighted by molar-refractivity contribution is -0.386. The number of fused-ring (bicyclic) bond motifs is 1. The molecular weight excluding hydrogens is 665 g/mol. The monoisotopic (exact) mass is 696 g/mol. The second-order valence-electron chi connectivity index (χ2n) is 10.3. The number of nitro benzene ring substituents is 1. The molecule has 3 unspecified atom stereocenters. The quantitative estimate of drug-likeness (QED) is 0.0799. The minimum absolute atomic E-state index is 0.0426. The van der Waals surface area contributed by atoms with E-state index < -0.39 is 59.5 Å². The fourth-order valence-corrected chi connectivity index (χ4v) is 7.86. The van der Waals surface area contributed by atoms with E-state index in [4.69, 9.17) is 25.0 Å². The van der Waals surface area contributed by atoms with Gasteiger partial charge >= 0.3 is 23.5 Å². The summed E-state index contributed by atoms with van der Waals surface area (Å²) in [4.78, 5) is 51.9. The number of ether oxygens (including phenoxy) is 2. The van der Waals surface area contributed by atoms with Gasteiger partial charge in [-0.1, -0.05) is 26.0 Å². The number of aliphatic hydroxyl groups is 1. The summed E-state index contributed by atoms with van der Waals surface area (Å²) in [6.45, 7) is 2.82. The van der Waals surface area contributed by atoms with Gasteiger partial charge in [0.05, 0.1) is 35.9 Å². The highest BCUT2D eigenvalue weighted by Gasteiger charge is 2.43. The van der Waals surface area contributed by atoms with Crippen molar-refractivity contribution >= 4 is 45.9 Å². The molecule has 2 aromatic heterocycles. The summed E-state index contributed by atoms with van der Waals surface area (Å²) in [6, 6.07) is 7.82. The van der Waals surface area contributed by atoms with Crippen LogP contribution in [-0.4, -0.2) is 58.0 Å². The third-order valence-corrected chi connectivity index (χ3v) is 10.4. The van der Waals surface area contributed by atoms with Crippen LogP contribution in [-0.2, 0) is 42.9 Å². The largest absolute Gasteiger partial charge is 0.490 e. The maximum absolute atomic E-state index is 12.1. The van der Waals surface area contributed by atoms with E-state index in [0.29, 0.717) is 27.8 Å². The average molecular weight is 696 g/mol. The molecule has 1 fully saturated rings. The number of nitrogens with two attached hydrogens (primary N) is 1. The van der Waals surface area contributed by atoms with E-state index in [1.165, 1.54) is 12.3 Å². The second kappa shape index (κ2) is 13.6. The van der Waals surface area contributed by atoms with E-state index in [0.717, 1.165) is 0 Å². The minimum atomic E-state index is -5.72. The lowest BCUT2D eigenvalue weighted by Crippen LogP contribution is -2.26. The van der Waals surface area contributed by atoms with Crippen LogP contribution in [0.25, 0.3) is 11.0 Å². The average Bonchev–Trinajstić information content (AvgIpc) is 3.46. The molecular formula is C23H31N4O15P3. The number of pyridine rings is 1. The number of aromatic nitrogens is 2. The van der Waals surface area contributed by atoms with Gasteiger partial charge < -0.3 is 44.5 Å². The summed E-state index contributed by atoms with van der Waals surface area (Å²) < 4.78 is 60.0. The van der Waals surface area contributed by atoms with E-state index in [2.05, 4.69) is 18.1 Å². The van der Waals surface area contributed by atoms with Crippen molar-refractivity contribution in [2.75, 3.05) is 12.3 Å². The van der Waals surface area contributed by atoms with Crippen LogP contribution in [0.2, 0.25) is 0 Å². The molecule has 0 radical (unpaired) electrons. The van der Waals surface area contributed by atoms with Gasteiger partial charge in [-0.3, -0.25) is 14.6 Å². The van der Waals surface area contributed by atoms with Gasteiger partial charge in [-0.15, -0.1) is 0 Å². The van der Waals surface area contributed by atoms with Gasteiger partial charge in [0.2, 0.25) is 0 Å². The van der Waals surface area contributed by atoms with Gasteiger partial charge in [-0.25, -0.2) is 18.7 Å².